The van der Waals surface area contributed by atoms with Crippen LogP contribution in [-0.2, 0) is 14.3 Å². The number of nitrogens with one attached hydrogen (secondary N) is 1. The molecule has 0 atom stereocenters. The number of benzene rings is 1. The van der Waals surface area contributed by atoms with E-state index in [9.17, 15) is 4.79 Å². The molecule has 1 spiro atoms. The number of carbonyl (C=O) groups excluding carboxylic acids is 1. The predicted molar refractivity (Wildman–Crippen MR) is 97.2 cm³/mol. The standard InChI is InChI=1S/C19H24N4O3/c1-15-17(14-23(21-15)16-5-3-2-4-6-16)20-13-18(24)22-9-7-19(8-10-22)25-11-12-26-19/h2-6,14,20H,7-13H2,1H3. The number of aromatic nitrogens is 2. The highest BCUT2D eigenvalue weighted by Gasteiger charge is 2.40. The molecule has 4 rings (SSSR count). The third-order valence-corrected chi connectivity index (χ3v) is 5.04. The van der Waals surface area contributed by atoms with Crippen LogP contribution in [0.5, 0.6) is 0 Å². The van der Waals surface area contributed by atoms with Crippen molar-refractivity contribution in [3.63, 3.8) is 0 Å². The minimum absolute atomic E-state index is 0.0877. The van der Waals surface area contributed by atoms with Gasteiger partial charge in [0.05, 0.1) is 43.0 Å². The predicted octanol–water partition coefficient (Wildman–Crippen LogP) is 1.96. The van der Waals surface area contributed by atoms with Gasteiger partial charge in [-0.05, 0) is 19.1 Å². The Hall–Kier alpha value is -2.38. The average Bonchev–Trinajstić information content (AvgIpc) is 3.28. The fourth-order valence-electron chi connectivity index (χ4n) is 3.51. The number of likely N-dealkylation sites (tertiary alicyclic amines) is 1. The van der Waals surface area contributed by atoms with Crippen LogP contribution in [0.15, 0.2) is 36.5 Å². The van der Waals surface area contributed by atoms with Gasteiger partial charge >= 0.3 is 0 Å². The first-order valence-electron chi connectivity index (χ1n) is 9.06. The molecule has 0 saturated carbocycles. The van der Waals surface area contributed by atoms with Crippen LogP contribution in [0.3, 0.4) is 0 Å². The fourth-order valence-corrected chi connectivity index (χ4v) is 3.51. The number of hydrogen-bond acceptors (Lipinski definition) is 5. The molecule has 1 amide bonds. The Labute approximate surface area is 152 Å². The Morgan fingerprint density at radius 3 is 2.58 bits per heavy atom. The number of amides is 1. The van der Waals surface area contributed by atoms with Crippen molar-refractivity contribution in [1.29, 1.82) is 0 Å². The molecule has 2 aromatic rings. The zero-order chi connectivity index (χ0) is 18.0. The van der Waals surface area contributed by atoms with Crippen LogP contribution >= 0.6 is 0 Å². The van der Waals surface area contributed by atoms with E-state index in [1.165, 1.54) is 0 Å². The van der Waals surface area contributed by atoms with Gasteiger partial charge in [-0.25, -0.2) is 4.68 Å². The maximum atomic E-state index is 12.5. The summed E-state index contributed by atoms with van der Waals surface area (Å²) in [4.78, 5) is 14.4. The maximum absolute atomic E-state index is 12.5. The van der Waals surface area contributed by atoms with Crippen molar-refractivity contribution in [2.75, 3.05) is 38.2 Å². The van der Waals surface area contributed by atoms with E-state index in [2.05, 4.69) is 10.4 Å². The quantitative estimate of drug-likeness (QED) is 0.907. The molecular weight excluding hydrogens is 332 g/mol. The van der Waals surface area contributed by atoms with Crippen LogP contribution in [0.25, 0.3) is 5.69 Å². The van der Waals surface area contributed by atoms with Gasteiger partial charge in [-0.3, -0.25) is 4.79 Å². The van der Waals surface area contributed by atoms with Crippen LogP contribution < -0.4 is 5.32 Å². The van der Waals surface area contributed by atoms with E-state index in [0.29, 0.717) is 26.3 Å². The highest BCUT2D eigenvalue weighted by atomic mass is 16.7. The molecule has 2 aliphatic heterocycles. The number of rotatable bonds is 4. The van der Waals surface area contributed by atoms with Gasteiger partial charge in [0.1, 0.15) is 0 Å². The van der Waals surface area contributed by atoms with Crippen molar-refractivity contribution in [2.45, 2.75) is 25.6 Å². The number of carbonyl (C=O) groups is 1. The topological polar surface area (TPSA) is 68.6 Å². The number of nitrogens with zero attached hydrogens (tertiary/aromatic N) is 3. The van der Waals surface area contributed by atoms with Crippen LogP contribution in [-0.4, -0.2) is 59.2 Å². The summed E-state index contributed by atoms with van der Waals surface area (Å²) in [5.41, 5.74) is 2.73. The summed E-state index contributed by atoms with van der Waals surface area (Å²) in [5.74, 6) is -0.359. The molecule has 1 N–H and O–H groups in total. The van der Waals surface area contributed by atoms with Gasteiger partial charge in [0.2, 0.25) is 5.91 Å². The van der Waals surface area contributed by atoms with Crippen LogP contribution in [0.1, 0.15) is 18.5 Å². The average molecular weight is 356 g/mol. The summed E-state index contributed by atoms with van der Waals surface area (Å²) in [5, 5.41) is 7.74. The Morgan fingerprint density at radius 2 is 1.88 bits per heavy atom. The Balaban J connectivity index is 1.33. The third kappa shape index (κ3) is 3.45. The van der Waals surface area contributed by atoms with E-state index >= 15 is 0 Å². The second-order valence-corrected chi connectivity index (χ2v) is 6.75. The molecule has 2 saturated heterocycles. The number of piperidine rings is 1. The zero-order valence-corrected chi connectivity index (χ0v) is 15.0. The van der Waals surface area contributed by atoms with Gasteiger partial charge in [-0.2, -0.15) is 5.10 Å². The SMILES string of the molecule is Cc1nn(-c2ccccc2)cc1NCC(=O)N1CCC2(CC1)OCCO2. The molecule has 1 aromatic heterocycles. The normalized spacial score (nSPS) is 19.0. The van der Waals surface area contributed by atoms with E-state index in [4.69, 9.17) is 9.47 Å². The molecule has 7 heteroatoms. The van der Waals surface area contributed by atoms with Crippen molar-refractivity contribution in [2.24, 2.45) is 0 Å². The monoisotopic (exact) mass is 356 g/mol. The summed E-state index contributed by atoms with van der Waals surface area (Å²) in [6, 6.07) is 9.92. The molecule has 3 heterocycles. The minimum Gasteiger partial charge on any atom is -0.373 e. The number of anilines is 1. The van der Waals surface area contributed by atoms with Gasteiger partial charge in [0, 0.05) is 25.9 Å². The van der Waals surface area contributed by atoms with Crippen LogP contribution in [0, 0.1) is 6.92 Å². The van der Waals surface area contributed by atoms with E-state index in [0.717, 1.165) is 29.9 Å². The second-order valence-electron chi connectivity index (χ2n) is 6.75. The van der Waals surface area contributed by atoms with Gasteiger partial charge < -0.3 is 19.7 Å². The first-order chi connectivity index (χ1) is 12.7. The Kier molecular flexibility index (Phi) is 4.65. The Bertz CT molecular complexity index is 758. The first kappa shape index (κ1) is 17.1. The third-order valence-electron chi connectivity index (χ3n) is 5.04. The summed E-state index contributed by atoms with van der Waals surface area (Å²) < 4.78 is 13.2. The lowest BCUT2D eigenvalue weighted by atomic mass is 10.0. The van der Waals surface area contributed by atoms with E-state index in [1.54, 1.807) is 0 Å². The van der Waals surface area contributed by atoms with Crippen molar-refractivity contribution in [3.05, 3.63) is 42.2 Å². The molecule has 2 fully saturated rings. The van der Waals surface area contributed by atoms with E-state index < -0.39 is 5.79 Å². The van der Waals surface area contributed by atoms with Gasteiger partial charge in [-0.1, -0.05) is 18.2 Å². The lowest BCUT2D eigenvalue weighted by Crippen LogP contribution is -2.48. The molecular formula is C19H24N4O3. The summed E-state index contributed by atoms with van der Waals surface area (Å²) in [7, 11) is 0. The number of hydrogen-bond donors (Lipinski definition) is 1. The number of ether oxygens (including phenoxy) is 2. The molecule has 0 unspecified atom stereocenters. The smallest absolute Gasteiger partial charge is 0.241 e. The molecule has 7 nitrogen and oxygen atoms in total. The van der Waals surface area contributed by atoms with Crippen LogP contribution in [0.4, 0.5) is 5.69 Å². The van der Waals surface area contributed by atoms with Crippen LogP contribution in [0.2, 0.25) is 0 Å². The second kappa shape index (κ2) is 7.09. The molecule has 26 heavy (non-hydrogen) atoms. The fraction of sp³-hybridized carbons (Fsp3) is 0.474. The first-order valence-corrected chi connectivity index (χ1v) is 9.06. The molecule has 0 aliphatic carbocycles. The van der Waals surface area contributed by atoms with Gasteiger partial charge in [-0.15, -0.1) is 0 Å². The van der Waals surface area contributed by atoms with Crippen molar-refractivity contribution in [3.8, 4) is 5.69 Å². The molecule has 0 radical (unpaired) electrons. The lowest BCUT2D eigenvalue weighted by molar-refractivity contribution is -0.187. The number of aryl methyl sites for hydroxylation is 1. The van der Waals surface area contributed by atoms with Gasteiger partial charge in [0.15, 0.2) is 5.79 Å². The van der Waals surface area contributed by atoms with Crippen molar-refractivity contribution >= 4 is 11.6 Å². The Morgan fingerprint density at radius 1 is 1.19 bits per heavy atom. The maximum Gasteiger partial charge on any atom is 0.241 e. The summed E-state index contributed by atoms with van der Waals surface area (Å²) in [6.45, 7) is 4.84. The molecule has 2 aliphatic rings. The van der Waals surface area contributed by atoms with E-state index in [1.807, 2.05) is 53.0 Å². The molecule has 138 valence electrons. The minimum atomic E-state index is -0.447. The highest BCUT2D eigenvalue weighted by molar-refractivity contribution is 5.81. The highest BCUT2D eigenvalue weighted by Crippen LogP contribution is 2.31. The largest absolute Gasteiger partial charge is 0.373 e. The van der Waals surface area contributed by atoms with Crippen molar-refractivity contribution in [1.82, 2.24) is 14.7 Å². The van der Waals surface area contributed by atoms with Crippen molar-refractivity contribution < 1.29 is 14.3 Å². The number of para-hydroxylation sites is 1. The lowest BCUT2D eigenvalue weighted by Gasteiger charge is -2.37. The summed E-state index contributed by atoms with van der Waals surface area (Å²) in [6.07, 6.45) is 3.40. The molecule has 1 aromatic carbocycles. The summed E-state index contributed by atoms with van der Waals surface area (Å²) >= 11 is 0. The zero-order valence-electron chi connectivity index (χ0n) is 15.0. The van der Waals surface area contributed by atoms with E-state index in [-0.39, 0.29) is 12.5 Å². The molecule has 0 bridgehead atoms. The van der Waals surface area contributed by atoms with Gasteiger partial charge in [0.25, 0.3) is 0 Å².